The third kappa shape index (κ3) is 2.17. The number of hydrogen-bond donors (Lipinski definition) is 0. The monoisotopic (exact) mass is 271 g/mol. The average Bonchev–Trinajstić information content (AvgIpc) is 2.83. The molecule has 1 aromatic heterocycles. The van der Waals surface area contributed by atoms with E-state index in [1.807, 2.05) is 0 Å². The number of fused-ring (bicyclic) bond motifs is 2. The molecule has 0 spiro atoms. The standard InChI is InChI=1S/C12H18ClN3S/c1-2-3-11-14-12(17-15-11)16-9-4-5-10(16)7-8(13)6-9/h8-10H,2-7H2,1H3. The summed E-state index contributed by atoms with van der Waals surface area (Å²) in [5, 5.41) is 1.50. The van der Waals surface area contributed by atoms with E-state index in [1.165, 1.54) is 12.8 Å². The van der Waals surface area contributed by atoms with E-state index in [4.69, 9.17) is 11.6 Å². The Balaban J connectivity index is 1.79. The lowest BCUT2D eigenvalue weighted by Crippen LogP contribution is -2.43. The molecule has 2 atom stereocenters. The largest absolute Gasteiger partial charge is 0.341 e. The maximum Gasteiger partial charge on any atom is 0.205 e. The van der Waals surface area contributed by atoms with Gasteiger partial charge in [0.15, 0.2) is 0 Å². The van der Waals surface area contributed by atoms with Gasteiger partial charge in [-0.2, -0.15) is 4.37 Å². The van der Waals surface area contributed by atoms with Gasteiger partial charge in [0, 0.05) is 35.4 Å². The molecule has 0 amide bonds. The molecule has 2 aliphatic heterocycles. The second-order valence-electron chi connectivity index (χ2n) is 5.10. The van der Waals surface area contributed by atoms with Gasteiger partial charge in [-0.3, -0.25) is 0 Å². The van der Waals surface area contributed by atoms with Crippen molar-refractivity contribution in [1.82, 2.24) is 9.36 Å². The number of aryl methyl sites for hydroxylation is 1. The van der Waals surface area contributed by atoms with Gasteiger partial charge in [0.25, 0.3) is 0 Å². The van der Waals surface area contributed by atoms with E-state index in [-0.39, 0.29) is 0 Å². The molecule has 2 unspecified atom stereocenters. The minimum Gasteiger partial charge on any atom is -0.341 e. The van der Waals surface area contributed by atoms with Crippen molar-refractivity contribution >= 4 is 28.3 Å². The second-order valence-corrected chi connectivity index (χ2v) is 6.45. The fourth-order valence-corrected chi connectivity index (χ4v) is 4.37. The molecule has 2 fully saturated rings. The fraction of sp³-hybridized carbons (Fsp3) is 0.833. The zero-order valence-electron chi connectivity index (χ0n) is 10.1. The molecular formula is C12H18ClN3S. The molecule has 0 aromatic carbocycles. The highest BCUT2D eigenvalue weighted by Crippen LogP contribution is 2.41. The van der Waals surface area contributed by atoms with Gasteiger partial charge in [-0.15, -0.1) is 11.6 Å². The van der Waals surface area contributed by atoms with Crippen molar-refractivity contribution < 1.29 is 0 Å². The normalized spacial score (nSPS) is 32.1. The summed E-state index contributed by atoms with van der Waals surface area (Å²) in [6.45, 7) is 2.17. The minimum absolute atomic E-state index is 0.367. The van der Waals surface area contributed by atoms with Crippen LogP contribution in [0.4, 0.5) is 5.13 Å². The first-order valence-corrected chi connectivity index (χ1v) is 7.74. The molecule has 3 rings (SSSR count). The lowest BCUT2D eigenvalue weighted by molar-refractivity contribution is 0.473. The van der Waals surface area contributed by atoms with Gasteiger partial charge >= 0.3 is 0 Å². The van der Waals surface area contributed by atoms with Crippen LogP contribution in [0.3, 0.4) is 0 Å². The smallest absolute Gasteiger partial charge is 0.205 e. The zero-order valence-corrected chi connectivity index (χ0v) is 11.7. The second kappa shape index (κ2) is 4.73. The van der Waals surface area contributed by atoms with Crippen LogP contribution in [0.5, 0.6) is 0 Å². The molecule has 2 bridgehead atoms. The molecule has 3 nitrogen and oxygen atoms in total. The number of alkyl halides is 1. The van der Waals surface area contributed by atoms with Gasteiger partial charge in [-0.25, -0.2) is 4.98 Å². The Morgan fingerprint density at radius 3 is 2.71 bits per heavy atom. The Hall–Kier alpha value is -0.350. The molecule has 0 N–H and O–H groups in total. The number of halogens is 1. The van der Waals surface area contributed by atoms with Gasteiger partial charge in [0.05, 0.1) is 0 Å². The number of rotatable bonds is 3. The summed E-state index contributed by atoms with van der Waals surface area (Å²) in [6, 6.07) is 1.22. The lowest BCUT2D eigenvalue weighted by Gasteiger charge is -2.36. The molecule has 1 aromatic rings. The summed E-state index contributed by atoms with van der Waals surface area (Å²) in [7, 11) is 0. The molecule has 3 heterocycles. The molecule has 17 heavy (non-hydrogen) atoms. The maximum atomic E-state index is 6.29. The van der Waals surface area contributed by atoms with E-state index < -0.39 is 0 Å². The highest BCUT2D eigenvalue weighted by Gasteiger charge is 2.41. The first kappa shape index (κ1) is 11.7. The number of nitrogens with zero attached hydrogens (tertiary/aromatic N) is 3. The zero-order chi connectivity index (χ0) is 11.8. The number of hydrogen-bond acceptors (Lipinski definition) is 4. The van der Waals surface area contributed by atoms with E-state index in [2.05, 4.69) is 21.2 Å². The molecule has 2 aliphatic rings. The summed E-state index contributed by atoms with van der Waals surface area (Å²) in [6.07, 6.45) is 6.89. The average molecular weight is 272 g/mol. The summed E-state index contributed by atoms with van der Waals surface area (Å²) in [5.74, 6) is 1.01. The summed E-state index contributed by atoms with van der Waals surface area (Å²) >= 11 is 7.86. The van der Waals surface area contributed by atoms with Crippen molar-refractivity contribution in [3.63, 3.8) is 0 Å². The first-order chi connectivity index (χ1) is 8.28. The van der Waals surface area contributed by atoms with Gasteiger partial charge < -0.3 is 4.90 Å². The number of piperidine rings is 1. The lowest BCUT2D eigenvalue weighted by atomic mass is 10.0. The highest BCUT2D eigenvalue weighted by atomic mass is 35.5. The van der Waals surface area contributed by atoms with Crippen LogP contribution in [0.2, 0.25) is 0 Å². The van der Waals surface area contributed by atoms with Crippen molar-refractivity contribution in [3.8, 4) is 0 Å². The molecular weight excluding hydrogens is 254 g/mol. The Labute approximate surface area is 111 Å². The van der Waals surface area contributed by atoms with Crippen molar-refractivity contribution in [3.05, 3.63) is 5.82 Å². The molecule has 5 heteroatoms. The Morgan fingerprint density at radius 2 is 2.06 bits per heavy atom. The van der Waals surface area contributed by atoms with E-state index >= 15 is 0 Å². The summed E-state index contributed by atoms with van der Waals surface area (Å²) in [4.78, 5) is 7.18. The topological polar surface area (TPSA) is 29.0 Å². The molecule has 0 saturated carbocycles. The van der Waals surface area contributed by atoms with Crippen LogP contribution in [0.15, 0.2) is 0 Å². The van der Waals surface area contributed by atoms with Crippen molar-refractivity contribution in [2.75, 3.05) is 4.90 Å². The quantitative estimate of drug-likeness (QED) is 0.791. The number of anilines is 1. The van der Waals surface area contributed by atoms with Crippen LogP contribution in [-0.4, -0.2) is 26.8 Å². The van der Waals surface area contributed by atoms with E-state index in [0.29, 0.717) is 17.5 Å². The minimum atomic E-state index is 0.367. The van der Waals surface area contributed by atoms with Gasteiger partial charge in [-0.05, 0) is 32.1 Å². The van der Waals surface area contributed by atoms with Crippen LogP contribution in [0, 0.1) is 0 Å². The van der Waals surface area contributed by atoms with E-state index in [0.717, 1.165) is 36.6 Å². The SMILES string of the molecule is CCCc1nsc(N2C3CCC2CC(Cl)C3)n1. The number of aromatic nitrogens is 2. The van der Waals surface area contributed by atoms with Crippen LogP contribution < -0.4 is 4.90 Å². The Kier molecular flexibility index (Phi) is 3.26. The van der Waals surface area contributed by atoms with Crippen molar-refractivity contribution in [2.45, 2.75) is 62.9 Å². The van der Waals surface area contributed by atoms with Crippen molar-refractivity contribution in [2.24, 2.45) is 0 Å². The molecule has 0 radical (unpaired) electrons. The maximum absolute atomic E-state index is 6.29. The van der Waals surface area contributed by atoms with Gasteiger partial charge in [0.1, 0.15) is 5.82 Å². The predicted octanol–water partition coefficient (Wildman–Crippen LogP) is 3.23. The van der Waals surface area contributed by atoms with Crippen LogP contribution >= 0.6 is 23.1 Å². The van der Waals surface area contributed by atoms with Gasteiger partial charge in [0.2, 0.25) is 5.13 Å². The third-order valence-electron chi connectivity index (χ3n) is 3.83. The summed E-state index contributed by atoms with van der Waals surface area (Å²) in [5.41, 5.74) is 0. The van der Waals surface area contributed by atoms with Crippen LogP contribution in [0.25, 0.3) is 0 Å². The van der Waals surface area contributed by atoms with E-state index in [1.54, 1.807) is 11.5 Å². The molecule has 94 valence electrons. The van der Waals surface area contributed by atoms with E-state index in [9.17, 15) is 0 Å². The highest BCUT2D eigenvalue weighted by molar-refractivity contribution is 7.09. The first-order valence-electron chi connectivity index (χ1n) is 6.53. The fourth-order valence-electron chi connectivity index (χ4n) is 3.10. The summed E-state index contributed by atoms with van der Waals surface area (Å²) < 4.78 is 4.45. The molecule has 2 saturated heterocycles. The Morgan fingerprint density at radius 1 is 1.35 bits per heavy atom. The third-order valence-corrected chi connectivity index (χ3v) is 4.95. The van der Waals surface area contributed by atoms with Crippen LogP contribution in [-0.2, 0) is 6.42 Å². The molecule has 0 aliphatic carbocycles. The van der Waals surface area contributed by atoms with Gasteiger partial charge in [-0.1, -0.05) is 6.92 Å². The van der Waals surface area contributed by atoms with Crippen LogP contribution in [0.1, 0.15) is 44.9 Å². The Bertz CT molecular complexity index is 381. The predicted molar refractivity (Wildman–Crippen MR) is 72.1 cm³/mol. The van der Waals surface area contributed by atoms with Crippen molar-refractivity contribution in [1.29, 1.82) is 0 Å².